The number of ether oxygens (including phenoxy) is 1. The molecule has 10 heteroatoms. The third-order valence-electron chi connectivity index (χ3n) is 5.38. The zero-order chi connectivity index (χ0) is 27.9. The number of aryl methyl sites for hydroxylation is 1. The van der Waals surface area contributed by atoms with Crippen LogP contribution in [-0.2, 0) is 0 Å². The molecule has 39 heavy (non-hydrogen) atoms. The number of esters is 1. The SMILES string of the molecule is Cc1cccc(C(=O)Nc2ccc(C(=O)N/N=C\c3cc(Br)ccc3OC(=O)c3ccc(Cl)cc3Cl)cc2)c1. The fourth-order valence-corrected chi connectivity index (χ4v) is 4.31. The molecule has 7 nitrogen and oxygen atoms in total. The largest absolute Gasteiger partial charge is 0.422 e. The van der Waals surface area contributed by atoms with Crippen LogP contribution in [0.3, 0.4) is 0 Å². The predicted octanol–water partition coefficient (Wildman–Crippen LogP) is 7.30. The number of hydrogen-bond acceptors (Lipinski definition) is 5. The molecule has 0 atom stereocenters. The van der Waals surface area contributed by atoms with E-state index in [-0.39, 0.29) is 22.2 Å². The van der Waals surface area contributed by atoms with E-state index in [4.69, 9.17) is 27.9 Å². The van der Waals surface area contributed by atoms with Gasteiger partial charge in [-0.15, -0.1) is 0 Å². The molecule has 4 aromatic carbocycles. The van der Waals surface area contributed by atoms with Crippen molar-refractivity contribution >= 4 is 68.8 Å². The van der Waals surface area contributed by atoms with Gasteiger partial charge >= 0.3 is 5.97 Å². The third kappa shape index (κ3) is 7.54. The first-order valence-corrected chi connectivity index (χ1v) is 13.0. The summed E-state index contributed by atoms with van der Waals surface area (Å²) in [6.45, 7) is 1.91. The van der Waals surface area contributed by atoms with Crippen molar-refractivity contribution in [2.75, 3.05) is 5.32 Å². The van der Waals surface area contributed by atoms with Gasteiger partial charge in [-0.05, 0) is 79.7 Å². The van der Waals surface area contributed by atoms with Gasteiger partial charge in [0.1, 0.15) is 5.75 Å². The van der Waals surface area contributed by atoms with E-state index in [2.05, 4.69) is 31.8 Å². The monoisotopic (exact) mass is 623 g/mol. The molecular formula is C29H20BrCl2N3O4. The molecule has 2 amide bonds. The Balaban J connectivity index is 1.40. The van der Waals surface area contributed by atoms with Gasteiger partial charge in [-0.25, -0.2) is 10.2 Å². The van der Waals surface area contributed by atoms with Crippen molar-refractivity contribution in [2.24, 2.45) is 5.10 Å². The van der Waals surface area contributed by atoms with Crippen molar-refractivity contribution in [1.82, 2.24) is 5.43 Å². The van der Waals surface area contributed by atoms with Crippen LogP contribution in [0.4, 0.5) is 5.69 Å². The molecule has 4 rings (SSSR count). The van der Waals surface area contributed by atoms with Gasteiger partial charge in [-0.2, -0.15) is 5.10 Å². The highest BCUT2D eigenvalue weighted by Gasteiger charge is 2.15. The Kier molecular flexibility index (Phi) is 9.14. The van der Waals surface area contributed by atoms with E-state index in [9.17, 15) is 14.4 Å². The molecule has 0 aliphatic rings. The maximum absolute atomic E-state index is 12.6. The van der Waals surface area contributed by atoms with E-state index in [1.165, 1.54) is 24.4 Å². The number of hydrogen-bond donors (Lipinski definition) is 2. The van der Waals surface area contributed by atoms with E-state index in [0.717, 1.165) is 5.56 Å². The number of nitrogens with zero attached hydrogens (tertiary/aromatic N) is 1. The summed E-state index contributed by atoms with van der Waals surface area (Å²) in [5.74, 6) is -1.18. The standard InChI is InChI=1S/C29H20BrCl2N3O4/c1-17-3-2-4-19(13-17)27(36)34-23-9-5-18(6-10-23)28(37)35-33-16-20-14-21(30)7-12-26(20)39-29(38)24-11-8-22(31)15-25(24)32/h2-16H,1H3,(H,34,36)(H,35,37)/b33-16-. The molecular weight excluding hydrogens is 605 g/mol. The van der Waals surface area contributed by atoms with Crippen LogP contribution in [0.2, 0.25) is 10.0 Å². The van der Waals surface area contributed by atoms with Gasteiger partial charge in [0.2, 0.25) is 0 Å². The van der Waals surface area contributed by atoms with E-state index >= 15 is 0 Å². The number of benzene rings is 4. The Bertz CT molecular complexity index is 1590. The highest BCUT2D eigenvalue weighted by atomic mass is 79.9. The Labute approximate surface area is 242 Å². The average Bonchev–Trinajstić information content (AvgIpc) is 2.90. The second kappa shape index (κ2) is 12.7. The first-order chi connectivity index (χ1) is 18.7. The van der Waals surface area contributed by atoms with Gasteiger partial charge in [-0.1, -0.05) is 56.8 Å². The smallest absolute Gasteiger partial charge is 0.345 e. The number of halogens is 3. The van der Waals surface area contributed by atoms with Gasteiger partial charge in [0.05, 0.1) is 16.8 Å². The maximum atomic E-state index is 12.6. The van der Waals surface area contributed by atoms with Crippen molar-refractivity contribution in [1.29, 1.82) is 0 Å². The summed E-state index contributed by atoms with van der Waals surface area (Å²) in [6.07, 6.45) is 1.35. The topological polar surface area (TPSA) is 96.9 Å². The molecule has 4 aromatic rings. The molecule has 0 saturated heterocycles. The van der Waals surface area contributed by atoms with Crippen LogP contribution in [0, 0.1) is 6.92 Å². The Hall–Kier alpha value is -3.98. The second-order valence-corrected chi connectivity index (χ2v) is 10.1. The minimum Gasteiger partial charge on any atom is -0.422 e. The van der Waals surface area contributed by atoms with Gasteiger partial charge in [0.15, 0.2) is 0 Å². The quantitative estimate of drug-likeness (QED) is 0.0976. The van der Waals surface area contributed by atoms with Crippen molar-refractivity contribution in [3.8, 4) is 5.75 Å². The van der Waals surface area contributed by atoms with Gasteiger partial charge in [0.25, 0.3) is 11.8 Å². The van der Waals surface area contributed by atoms with Crippen LogP contribution in [0.5, 0.6) is 5.75 Å². The Morgan fingerprint density at radius 1 is 0.872 bits per heavy atom. The number of rotatable bonds is 7. The highest BCUT2D eigenvalue weighted by molar-refractivity contribution is 9.10. The lowest BCUT2D eigenvalue weighted by Gasteiger charge is -2.09. The molecule has 0 fully saturated rings. The van der Waals surface area contributed by atoms with E-state index in [1.807, 2.05) is 19.1 Å². The molecule has 0 radical (unpaired) electrons. The van der Waals surface area contributed by atoms with Crippen molar-refractivity contribution < 1.29 is 19.1 Å². The summed E-state index contributed by atoms with van der Waals surface area (Å²) >= 11 is 15.4. The number of carbonyl (C=O) groups is 3. The van der Waals surface area contributed by atoms with Crippen molar-refractivity contribution in [3.05, 3.63) is 127 Å². The minimum atomic E-state index is -0.674. The second-order valence-electron chi connectivity index (χ2n) is 8.30. The average molecular weight is 625 g/mol. The normalized spacial score (nSPS) is 10.8. The number of amides is 2. The summed E-state index contributed by atoms with van der Waals surface area (Å²) < 4.78 is 6.22. The van der Waals surface area contributed by atoms with Crippen molar-refractivity contribution in [2.45, 2.75) is 6.92 Å². The van der Waals surface area contributed by atoms with Gasteiger partial charge in [-0.3, -0.25) is 9.59 Å². The molecule has 0 spiro atoms. The first kappa shape index (κ1) is 28.0. The Morgan fingerprint density at radius 3 is 2.36 bits per heavy atom. The summed E-state index contributed by atoms with van der Waals surface area (Å²) in [4.78, 5) is 37.6. The first-order valence-electron chi connectivity index (χ1n) is 11.5. The molecule has 0 saturated carbocycles. The Morgan fingerprint density at radius 2 is 1.64 bits per heavy atom. The zero-order valence-electron chi connectivity index (χ0n) is 20.4. The van der Waals surface area contributed by atoms with Crippen LogP contribution in [0.1, 0.15) is 42.2 Å². The van der Waals surface area contributed by atoms with E-state index < -0.39 is 11.9 Å². The summed E-state index contributed by atoms with van der Waals surface area (Å²) in [7, 11) is 0. The predicted molar refractivity (Wildman–Crippen MR) is 156 cm³/mol. The molecule has 0 aliphatic heterocycles. The third-order valence-corrected chi connectivity index (χ3v) is 6.42. The number of anilines is 1. The minimum absolute atomic E-state index is 0.152. The lowest BCUT2D eigenvalue weighted by atomic mass is 10.1. The zero-order valence-corrected chi connectivity index (χ0v) is 23.5. The summed E-state index contributed by atoms with van der Waals surface area (Å²) in [5, 5.41) is 7.35. The molecule has 0 heterocycles. The van der Waals surface area contributed by atoms with Crippen LogP contribution in [-0.4, -0.2) is 24.0 Å². The number of carbonyl (C=O) groups excluding carboxylic acids is 3. The maximum Gasteiger partial charge on any atom is 0.345 e. The van der Waals surface area contributed by atoms with E-state index in [0.29, 0.717) is 31.9 Å². The van der Waals surface area contributed by atoms with Gasteiger partial charge < -0.3 is 10.1 Å². The van der Waals surface area contributed by atoms with Crippen LogP contribution >= 0.6 is 39.1 Å². The molecule has 0 aliphatic carbocycles. The molecule has 196 valence electrons. The number of hydrazone groups is 1. The fraction of sp³-hybridized carbons (Fsp3) is 0.0345. The molecule has 0 unspecified atom stereocenters. The summed E-state index contributed by atoms with van der Waals surface area (Å²) in [6, 6.07) is 23.0. The molecule has 0 aromatic heterocycles. The van der Waals surface area contributed by atoms with Crippen LogP contribution < -0.4 is 15.5 Å². The van der Waals surface area contributed by atoms with Crippen molar-refractivity contribution in [3.63, 3.8) is 0 Å². The molecule has 2 N–H and O–H groups in total. The van der Waals surface area contributed by atoms with Gasteiger partial charge in [0, 0.05) is 31.9 Å². The summed E-state index contributed by atoms with van der Waals surface area (Å²) in [5.41, 5.74) is 5.42. The lowest BCUT2D eigenvalue weighted by Crippen LogP contribution is -2.18. The molecule has 0 bridgehead atoms. The number of nitrogens with one attached hydrogen (secondary N) is 2. The van der Waals surface area contributed by atoms with E-state index in [1.54, 1.807) is 54.6 Å². The van der Waals surface area contributed by atoms with Crippen LogP contribution in [0.15, 0.2) is 94.5 Å². The lowest BCUT2D eigenvalue weighted by molar-refractivity contribution is 0.0734. The highest BCUT2D eigenvalue weighted by Crippen LogP contribution is 2.26. The fourth-order valence-electron chi connectivity index (χ4n) is 3.44. The van der Waals surface area contributed by atoms with Crippen LogP contribution in [0.25, 0.3) is 0 Å².